The highest BCUT2D eigenvalue weighted by atomic mass is 32.2. The third-order valence-electron chi connectivity index (χ3n) is 2.42. The molecule has 0 radical (unpaired) electrons. The van der Waals surface area contributed by atoms with Gasteiger partial charge >= 0.3 is 6.18 Å². The van der Waals surface area contributed by atoms with E-state index in [0.717, 1.165) is 17.9 Å². The number of hydrogen-bond donors (Lipinski definition) is 1. The van der Waals surface area contributed by atoms with Crippen LogP contribution in [0.1, 0.15) is 30.6 Å². The number of benzene rings is 1. The number of aliphatic hydroxyl groups excluding tert-OH is 1. The highest BCUT2D eigenvalue weighted by molar-refractivity contribution is 7.99. The smallest absolute Gasteiger partial charge is 0.388 e. The first-order valence-corrected chi connectivity index (χ1v) is 6.64. The second-order valence-corrected chi connectivity index (χ2v) is 5.13. The second kappa shape index (κ2) is 6.43. The maximum Gasteiger partial charge on any atom is 0.419 e. The molecule has 0 aliphatic heterocycles. The number of halogens is 4. The minimum absolute atomic E-state index is 0.178. The predicted molar refractivity (Wildman–Crippen MR) is 64.0 cm³/mol. The average molecular weight is 282 g/mol. The normalized spacial score (nSPS) is 13.7. The summed E-state index contributed by atoms with van der Waals surface area (Å²) in [5.74, 6) is 0.233. The molecule has 1 rings (SSSR count). The molecule has 1 aromatic carbocycles. The van der Waals surface area contributed by atoms with E-state index in [1.165, 1.54) is 0 Å². The van der Waals surface area contributed by atoms with E-state index in [2.05, 4.69) is 0 Å². The lowest BCUT2D eigenvalue weighted by Crippen LogP contribution is -2.09. The van der Waals surface area contributed by atoms with Gasteiger partial charge < -0.3 is 5.11 Å². The summed E-state index contributed by atoms with van der Waals surface area (Å²) in [6.45, 7) is 1.97. The van der Waals surface area contributed by atoms with E-state index in [1.54, 1.807) is 11.8 Å². The van der Waals surface area contributed by atoms with Gasteiger partial charge in [-0.2, -0.15) is 24.9 Å². The molecule has 0 fully saturated rings. The van der Waals surface area contributed by atoms with Crippen LogP contribution in [0.5, 0.6) is 0 Å². The van der Waals surface area contributed by atoms with Crippen molar-refractivity contribution in [2.45, 2.75) is 25.6 Å². The van der Waals surface area contributed by atoms with E-state index >= 15 is 0 Å². The van der Waals surface area contributed by atoms with Crippen LogP contribution in [0, 0.1) is 5.82 Å². The minimum atomic E-state index is -4.70. The molecule has 1 unspecified atom stereocenters. The quantitative estimate of drug-likeness (QED) is 0.650. The van der Waals surface area contributed by atoms with Gasteiger partial charge in [0.1, 0.15) is 5.82 Å². The second-order valence-electron chi connectivity index (χ2n) is 3.74. The Bertz CT molecular complexity index is 392. The van der Waals surface area contributed by atoms with Gasteiger partial charge in [-0.3, -0.25) is 0 Å². The van der Waals surface area contributed by atoms with Crippen molar-refractivity contribution in [1.29, 1.82) is 0 Å². The van der Waals surface area contributed by atoms with Crippen LogP contribution in [0.15, 0.2) is 18.2 Å². The maximum atomic E-state index is 13.3. The Kier molecular flexibility index (Phi) is 5.47. The first-order chi connectivity index (χ1) is 8.36. The summed E-state index contributed by atoms with van der Waals surface area (Å²) in [4.78, 5) is 0. The van der Waals surface area contributed by atoms with Crippen molar-refractivity contribution in [2.24, 2.45) is 0 Å². The number of thioether (sulfide) groups is 1. The van der Waals surface area contributed by atoms with Crippen LogP contribution in [0.3, 0.4) is 0 Å². The van der Waals surface area contributed by atoms with Crippen molar-refractivity contribution in [3.8, 4) is 0 Å². The standard InChI is InChI=1S/C12H14F4OS/c1-2-18-6-5-11(17)8-3-4-9(10(13)7-8)12(14,15)16/h3-4,7,11,17H,2,5-6H2,1H3. The molecule has 0 aliphatic rings. The first-order valence-electron chi connectivity index (χ1n) is 5.48. The average Bonchev–Trinajstić information content (AvgIpc) is 2.27. The maximum absolute atomic E-state index is 13.3. The SMILES string of the molecule is CCSCCC(O)c1ccc(C(F)(F)F)c(F)c1. The summed E-state index contributed by atoms with van der Waals surface area (Å²) in [7, 11) is 0. The first kappa shape index (κ1) is 15.3. The lowest BCUT2D eigenvalue weighted by Gasteiger charge is -2.13. The fourth-order valence-corrected chi connectivity index (χ4v) is 2.15. The molecular weight excluding hydrogens is 268 g/mol. The minimum Gasteiger partial charge on any atom is -0.388 e. The molecule has 1 N–H and O–H groups in total. The fourth-order valence-electron chi connectivity index (χ4n) is 1.47. The Hall–Kier alpha value is -0.750. The van der Waals surface area contributed by atoms with E-state index < -0.39 is 23.7 Å². The molecule has 0 aliphatic carbocycles. The number of alkyl halides is 3. The lowest BCUT2D eigenvalue weighted by molar-refractivity contribution is -0.140. The Labute approximate surface area is 107 Å². The van der Waals surface area contributed by atoms with Crippen LogP contribution in [-0.2, 0) is 6.18 Å². The molecule has 0 aromatic heterocycles. The molecule has 0 amide bonds. The zero-order valence-corrected chi connectivity index (χ0v) is 10.6. The zero-order chi connectivity index (χ0) is 13.8. The molecule has 1 aromatic rings. The summed E-state index contributed by atoms with van der Waals surface area (Å²) >= 11 is 1.61. The molecule has 0 saturated heterocycles. The van der Waals surface area contributed by atoms with E-state index in [1.807, 2.05) is 6.92 Å². The highest BCUT2D eigenvalue weighted by Gasteiger charge is 2.34. The van der Waals surface area contributed by atoms with Gasteiger partial charge in [-0.05, 0) is 35.6 Å². The molecule has 0 bridgehead atoms. The summed E-state index contributed by atoms with van der Waals surface area (Å²) in [6.07, 6.45) is -5.24. The lowest BCUT2D eigenvalue weighted by atomic mass is 10.0. The van der Waals surface area contributed by atoms with Crippen molar-refractivity contribution < 1.29 is 22.7 Å². The van der Waals surface area contributed by atoms with Crippen LogP contribution in [0.2, 0.25) is 0 Å². The van der Waals surface area contributed by atoms with E-state index in [9.17, 15) is 22.7 Å². The molecule has 1 nitrogen and oxygen atoms in total. The van der Waals surface area contributed by atoms with Gasteiger partial charge in [0.25, 0.3) is 0 Å². The van der Waals surface area contributed by atoms with E-state index in [-0.39, 0.29) is 5.56 Å². The van der Waals surface area contributed by atoms with Gasteiger partial charge in [0.2, 0.25) is 0 Å². The van der Waals surface area contributed by atoms with E-state index in [4.69, 9.17) is 0 Å². The van der Waals surface area contributed by atoms with E-state index in [0.29, 0.717) is 18.2 Å². The molecule has 1 atom stereocenters. The Morgan fingerprint density at radius 1 is 1.33 bits per heavy atom. The van der Waals surface area contributed by atoms with Gasteiger partial charge in [-0.25, -0.2) is 4.39 Å². The molecule has 0 heterocycles. The van der Waals surface area contributed by atoms with Crippen LogP contribution in [0.25, 0.3) is 0 Å². The van der Waals surface area contributed by atoms with Crippen LogP contribution in [-0.4, -0.2) is 16.6 Å². The van der Waals surface area contributed by atoms with Crippen molar-refractivity contribution in [1.82, 2.24) is 0 Å². The number of rotatable bonds is 5. The summed E-state index contributed by atoms with van der Waals surface area (Å²) in [6, 6.07) is 2.54. The number of aliphatic hydroxyl groups is 1. The number of hydrogen-bond acceptors (Lipinski definition) is 2. The predicted octanol–water partition coefficient (Wildman–Crippen LogP) is 4.02. The fraction of sp³-hybridized carbons (Fsp3) is 0.500. The van der Waals surface area contributed by atoms with Crippen LogP contribution < -0.4 is 0 Å². The highest BCUT2D eigenvalue weighted by Crippen LogP contribution is 2.32. The zero-order valence-electron chi connectivity index (χ0n) is 9.80. The van der Waals surface area contributed by atoms with Gasteiger partial charge in [-0.15, -0.1) is 0 Å². The molecular formula is C12H14F4OS. The summed E-state index contributed by atoms with van der Waals surface area (Å²) < 4.78 is 50.2. The van der Waals surface area contributed by atoms with Crippen LogP contribution in [0.4, 0.5) is 17.6 Å². The topological polar surface area (TPSA) is 20.2 Å². The van der Waals surface area contributed by atoms with Crippen molar-refractivity contribution in [2.75, 3.05) is 11.5 Å². The Morgan fingerprint density at radius 3 is 2.50 bits per heavy atom. The Balaban J connectivity index is 2.78. The van der Waals surface area contributed by atoms with Crippen LogP contribution >= 0.6 is 11.8 Å². The van der Waals surface area contributed by atoms with Crippen molar-refractivity contribution >= 4 is 11.8 Å². The summed E-state index contributed by atoms with van der Waals surface area (Å²) in [5.41, 5.74) is -1.13. The van der Waals surface area contributed by atoms with Gasteiger partial charge in [0.05, 0.1) is 11.7 Å². The van der Waals surface area contributed by atoms with Gasteiger partial charge in [0, 0.05) is 0 Å². The molecule has 0 saturated carbocycles. The molecule has 6 heteroatoms. The third kappa shape index (κ3) is 4.17. The largest absolute Gasteiger partial charge is 0.419 e. The monoisotopic (exact) mass is 282 g/mol. The Morgan fingerprint density at radius 2 is 2.00 bits per heavy atom. The van der Waals surface area contributed by atoms with Crippen molar-refractivity contribution in [3.05, 3.63) is 35.1 Å². The molecule has 0 spiro atoms. The molecule has 102 valence electrons. The third-order valence-corrected chi connectivity index (χ3v) is 3.36. The molecule has 18 heavy (non-hydrogen) atoms. The van der Waals surface area contributed by atoms with Crippen molar-refractivity contribution in [3.63, 3.8) is 0 Å². The summed E-state index contributed by atoms with van der Waals surface area (Å²) in [5, 5.41) is 9.70. The van der Waals surface area contributed by atoms with Gasteiger partial charge in [0.15, 0.2) is 0 Å². The van der Waals surface area contributed by atoms with Gasteiger partial charge in [-0.1, -0.05) is 13.0 Å².